The maximum atomic E-state index is 14.0. The smallest absolute Gasteiger partial charge is 0.259 e. The van der Waals surface area contributed by atoms with Gasteiger partial charge in [-0.1, -0.05) is 39.8 Å². The lowest BCUT2D eigenvalue weighted by atomic mass is 10.0. The van der Waals surface area contributed by atoms with Crippen LogP contribution in [0.25, 0.3) is 5.65 Å². The molecule has 0 unspecified atom stereocenters. The van der Waals surface area contributed by atoms with Gasteiger partial charge in [-0.15, -0.1) is 0 Å². The summed E-state index contributed by atoms with van der Waals surface area (Å²) in [4.78, 5) is 69.7. The molecule has 14 nitrogen and oxygen atoms in total. The number of benzene rings is 1. The molecule has 254 valence electrons. The number of methoxy groups -OCH3 is 1. The number of aryl methyl sites for hydroxylation is 1. The lowest BCUT2D eigenvalue weighted by Crippen LogP contribution is -2.57. The number of rotatable bonds is 7. The van der Waals surface area contributed by atoms with Gasteiger partial charge >= 0.3 is 0 Å². The van der Waals surface area contributed by atoms with Crippen LogP contribution in [0.5, 0.6) is 5.75 Å². The number of nitrogens with zero attached hydrogens (tertiary/aromatic N) is 4. The molecule has 0 aliphatic carbocycles. The van der Waals surface area contributed by atoms with Gasteiger partial charge in [-0.2, -0.15) is 5.10 Å². The summed E-state index contributed by atoms with van der Waals surface area (Å²) in [6.07, 6.45) is 5.36. The van der Waals surface area contributed by atoms with Crippen LogP contribution < -0.4 is 26.0 Å². The van der Waals surface area contributed by atoms with Crippen molar-refractivity contribution in [1.29, 1.82) is 0 Å². The fourth-order valence-electron chi connectivity index (χ4n) is 5.53. The van der Waals surface area contributed by atoms with E-state index < -0.39 is 53.7 Å². The monoisotopic (exact) mass is 650 g/mol. The number of amides is 5. The number of fused-ring (bicyclic) bond motifs is 1. The Morgan fingerprint density at radius 2 is 1.62 bits per heavy atom. The predicted octanol–water partition coefficient (Wildman–Crippen LogP) is 1.04. The second kappa shape index (κ2) is 15.1. The molecular weight excluding hydrogens is 604 g/mol. The van der Waals surface area contributed by atoms with E-state index in [0.29, 0.717) is 17.8 Å². The molecule has 0 radical (unpaired) electrons. The molecule has 4 rings (SSSR count). The van der Waals surface area contributed by atoms with Gasteiger partial charge < -0.3 is 35.5 Å². The van der Waals surface area contributed by atoms with Crippen molar-refractivity contribution in [3.63, 3.8) is 0 Å². The SMILES string of the molecule is COc1ccc(C[C@@H]2NC(=O)[C@H](CC(C)C)NC(=O)CN(C(=O)c3cnn4ccn(C)c34)C[C@H](C(C)C)NC(=O)[C@@H](C)NC2=O)cc1. The quantitative estimate of drug-likeness (QED) is 0.296. The third kappa shape index (κ3) is 8.69. The first-order valence-electron chi connectivity index (χ1n) is 15.9. The Morgan fingerprint density at radius 1 is 0.936 bits per heavy atom. The highest BCUT2D eigenvalue weighted by Gasteiger charge is 2.33. The Kier molecular flexibility index (Phi) is 11.3. The van der Waals surface area contributed by atoms with Gasteiger partial charge in [0.25, 0.3) is 5.91 Å². The number of nitrogens with one attached hydrogen (secondary N) is 4. The highest BCUT2D eigenvalue weighted by Crippen LogP contribution is 2.17. The first kappa shape index (κ1) is 35.0. The van der Waals surface area contributed by atoms with Crippen molar-refractivity contribution < 1.29 is 28.7 Å². The summed E-state index contributed by atoms with van der Waals surface area (Å²) < 4.78 is 8.56. The average molecular weight is 651 g/mol. The van der Waals surface area contributed by atoms with E-state index in [-0.39, 0.29) is 36.9 Å². The van der Waals surface area contributed by atoms with E-state index in [1.165, 1.54) is 11.1 Å². The molecule has 3 heterocycles. The van der Waals surface area contributed by atoms with Crippen LogP contribution in [0.1, 0.15) is 57.0 Å². The molecular formula is C33H46N8O6. The molecule has 1 aromatic carbocycles. The van der Waals surface area contributed by atoms with Gasteiger partial charge in [0, 0.05) is 38.4 Å². The van der Waals surface area contributed by atoms with Gasteiger partial charge in [0.05, 0.1) is 19.9 Å². The molecule has 47 heavy (non-hydrogen) atoms. The molecule has 1 saturated heterocycles. The number of aromatic nitrogens is 3. The van der Waals surface area contributed by atoms with Crippen molar-refractivity contribution in [2.45, 2.75) is 71.6 Å². The minimum atomic E-state index is -1.04. The first-order valence-corrected chi connectivity index (χ1v) is 15.9. The summed E-state index contributed by atoms with van der Waals surface area (Å²) in [6.45, 7) is 8.82. The Bertz CT molecular complexity index is 1590. The van der Waals surface area contributed by atoms with Crippen molar-refractivity contribution in [2.24, 2.45) is 18.9 Å². The van der Waals surface area contributed by atoms with Gasteiger partial charge in [-0.05, 0) is 42.9 Å². The van der Waals surface area contributed by atoms with Crippen LogP contribution in [-0.4, -0.2) is 93.0 Å². The molecule has 4 atom stereocenters. The second-order valence-electron chi connectivity index (χ2n) is 12.9. The molecule has 5 amide bonds. The minimum Gasteiger partial charge on any atom is -0.497 e. The molecule has 2 aromatic heterocycles. The largest absolute Gasteiger partial charge is 0.497 e. The van der Waals surface area contributed by atoms with Crippen LogP contribution >= 0.6 is 0 Å². The van der Waals surface area contributed by atoms with Crippen LogP contribution in [0.15, 0.2) is 42.9 Å². The summed E-state index contributed by atoms with van der Waals surface area (Å²) in [7, 11) is 3.34. The molecule has 4 N–H and O–H groups in total. The van der Waals surface area contributed by atoms with E-state index in [9.17, 15) is 24.0 Å². The molecule has 1 fully saturated rings. The number of carbonyl (C=O) groups is 5. The van der Waals surface area contributed by atoms with E-state index in [1.54, 1.807) is 66.8 Å². The summed E-state index contributed by atoms with van der Waals surface area (Å²) in [5.74, 6) is -2.05. The number of carbonyl (C=O) groups excluding carboxylic acids is 5. The van der Waals surface area contributed by atoms with Gasteiger partial charge in [-0.25, -0.2) is 4.52 Å². The zero-order chi connectivity index (χ0) is 34.4. The molecule has 1 aliphatic rings. The Morgan fingerprint density at radius 3 is 2.26 bits per heavy atom. The minimum absolute atomic E-state index is 0.000766. The Labute approximate surface area is 274 Å². The fraction of sp³-hybridized carbons (Fsp3) is 0.515. The van der Waals surface area contributed by atoms with Crippen molar-refractivity contribution in [1.82, 2.24) is 40.3 Å². The van der Waals surface area contributed by atoms with Crippen molar-refractivity contribution in [3.8, 4) is 5.75 Å². The predicted molar refractivity (Wildman–Crippen MR) is 174 cm³/mol. The third-order valence-corrected chi connectivity index (χ3v) is 8.28. The van der Waals surface area contributed by atoms with Crippen molar-refractivity contribution in [3.05, 3.63) is 54.0 Å². The van der Waals surface area contributed by atoms with Gasteiger partial charge in [0.2, 0.25) is 23.6 Å². The van der Waals surface area contributed by atoms with Gasteiger partial charge in [0.15, 0.2) is 0 Å². The Balaban J connectivity index is 1.69. The zero-order valence-electron chi connectivity index (χ0n) is 28.1. The summed E-state index contributed by atoms with van der Waals surface area (Å²) >= 11 is 0. The standard InChI is InChI=1S/C33H46N8O6/c1-19(2)14-25-31(45)37-26(15-22-8-10-23(47-7)11-9-22)30(44)35-21(5)29(43)38-27(20(3)4)17-40(18-28(42)36-25)33(46)24-16-34-41-13-12-39(6)32(24)41/h8-13,16,19-21,25-27H,14-15,17-18H2,1-7H3,(H,35,44)(H,36,42)(H,37,45)(H,38,43)/t21-,25+,26+,27-/m1/s1. The lowest BCUT2D eigenvalue weighted by Gasteiger charge is -2.31. The molecule has 14 heteroatoms. The van der Waals surface area contributed by atoms with E-state index in [0.717, 1.165) is 5.56 Å². The zero-order valence-corrected chi connectivity index (χ0v) is 28.1. The van der Waals surface area contributed by atoms with Crippen LogP contribution in [0.4, 0.5) is 0 Å². The van der Waals surface area contributed by atoms with Gasteiger partial charge in [-0.3, -0.25) is 24.0 Å². The maximum Gasteiger partial charge on any atom is 0.259 e. The van der Waals surface area contributed by atoms with E-state index in [2.05, 4.69) is 26.4 Å². The highest BCUT2D eigenvalue weighted by molar-refractivity contribution is 6.02. The number of hydrogen-bond acceptors (Lipinski definition) is 7. The molecule has 0 bridgehead atoms. The van der Waals surface area contributed by atoms with Crippen LogP contribution in [0.2, 0.25) is 0 Å². The van der Waals surface area contributed by atoms with Crippen LogP contribution in [0.3, 0.4) is 0 Å². The lowest BCUT2D eigenvalue weighted by molar-refractivity contribution is -0.133. The number of imidazole rings is 1. The third-order valence-electron chi connectivity index (χ3n) is 8.28. The van der Waals surface area contributed by atoms with E-state index in [4.69, 9.17) is 4.74 Å². The second-order valence-corrected chi connectivity index (χ2v) is 12.9. The normalized spacial score (nSPS) is 21.9. The molecule has 0 saturated carbocycles. The summed E-state index contributed by atoms with van der Waals surface area (Å²) in [5, 5.41) is 15.6. The molecule has 3 aromatic rings. The summed E-state index contributed by atoms with van der Waals surface area (Å²) in [6, 6.07) is 3.54. The van der Waals surface area contributed by atoms with E-state index >= 15 is 0 Å². The maximum absolute atomic E-state index is 14.0. The van der Waals surface area contributed by atoms with Gasteiger partial charge in [0.1, 0.15) is 35.1 Å². The summed E-state index contributed by atoms with van der Waals surface area (Å²) in [5.41, 5.74) is 1.59. The molecule has 1 aliphatic heterocycles. The topological polar surface area (TPSA) is 168 Å². The van der Waals surface area contributed by atoms with Crippen molar-refractivity contribution in [2.75, 3.05) is 20.2 Å². The number of ether oxygens (including phenoxy) is 1. The van der Waals surface area contributed by atoms with Crippen LogP contribution in [0, 0.1) is 11.8 Å². The number of hydrogen-bond donors (Lipinski definition) is 4. The van der Waals surface area contributed by atoms with Crippen molar-refractivity contribution >= 4 is 35.2 Å². The molecule has 0 spiro atoms. The highest BCUT2D eigenvalue weighted by atomic mass is 16.5. The first-order chi connectivity index (χ1) is 22.3. The van der Waals surface area contributed by atoms with Crippen LogP contribution in [-0.2, 0) is 32.6 Å². The fourth-order valence-corrected chi connectivity index (χ4v) is 5.53. The van der Waals surface area contributed by atoms with E-state index in [1.807, 2.05) is 27.7 Å². The average Bonchev–Trinajstić information content (AvgIpc) is 3.61. The Hall–Kier alpha value is -4.88.